The summed E-state index contributed by atoms with van der Waals surface area (Å²) in [5, 5.41) is 0. The number of carbonyl (C=O) groups is 1. The highest BCUT2D eigenvalue weighted by atomic mass is 16.5. The van der Waals surface area contributed by atoms with Crippen LogP contribution in [0.3, 0.4) is 0 Å². The fraction of sp³-hybridized carbons (Fsp3) is 0.174. The highest BCUT2D eigenvalue weighted by Crippen LogP contribution is 2.57. The molecule has 0 radical (unpaired) electrons. The topological polar surface area (TPSA) is 35.5 Å². The van der Waals surface area contributed by atoms with E-state index in [2.05, 4.69) is 0 Å². The van der Waals surface area contributed by atoms with E-state index in [1.165, 1.54) is 0 Å². The molecule has 1 spiro atoms. The second kappa shape index (κ2) is 4.98. The third kappa shape index (κ3) is 1.80. The average Bonchev–Trinajstić information content (AvgIpc) is 2.86. The Morgan fingerprint density at radius 3 is 1.42 bits per heavy atom. The van der Waals surface area contributed by atoms with Gasteiger partial charge in [-0.05, 0) is 55.7 Å². The van der Waals surface area contributed by atoms with Crippen molar-refractivity contribution >= 4 is 5.97 Å². The van der Waals surface area contributed by atoms with Crippen LogP contribution < -0.4 is 9.47 Å². The number of hydrogen-bond acceptors (Lipinski definition) is 3. The van der Waals surface area contributed by atoms with E-state index in [0.29, 0.717) is 17.2 Å². The fourth-order valence-corrected chi connectivity index (χ4v) is 4.13. The molecule has 2 heterocycles. The Morgan fingerprint density at radius 1 is 0.615 bits per heavy atom. The second-order valence-corrected chi connectivity index (χ2v) is 7.24. The molecule has 0 aromatic heterocycles. The number of benzene rings is 3. The molecule has 2 aliphatic heterocycles. The van der Waals surface area contributed by atoms with Crippen LogP contribution >= 0.6 is 0 Å². The summed E-state index contributed by atoms with van der Waals surface area (Å²) in [7, 11) is 0. The van der Waals surface area contributed by atoms with Crippen molar-refractivity contribution in [3.63, 3.8) is 0 Å². The van der Waals surface area contributed by atoms with Gasteiger partial charge in [-0.2, -0.15) is 0 Å². The van der Waals surface area contributed by atoms with Crippen LogP contribution in [-0.4, -0.2) is 5.97 Å². The minimum Gasteiger partial charge on any atom is -0.457 e. The molecule has 0 aliphatic carbocycles. The lowest BCUT2D eigenvalue weighted by molar-refractivity contribution is -0.135. The molecule has 128 valence electrons. The van der Waals surface area contributed by atoms with E-state index in [9.17, 15) is 4.79 Å². The Hall–Kier alpha value is -3.07. The summed E-state index contributed by atoms with van der Waals surface area (Å²) < 4.78 is 12.0. The van der Waals surface area contributed by atoms with E-state index < -0.39 is 5.41 Å². The van der Waals surface area contributed by atoms with Crippen LogP contribution in [0.25, 0.3) is 0 Å². The number of fused-ring (bicyclic) bond motifs is 6. The summed E-state index contributed by atoms with van der Waals surface area (Å²) in [5.41, 5.74) is 4.82. The van der Waals surface area contributed by atoms with E-state index in [4.69, 9.17) is 9.47 Å². The van der Waals surface area contributed by atoms with Gasteiger partial charge in [0.05, 0.1) is 0 Å². The lowest BCUT2D eigenvalue weighted by Gasteiger charge is -2.35. The van der Waals surface area contributed by atoms with Crippen molar-refractivity contribution < 1.29 is 14.3 Å². The Balaban J connectivity index is 1.92. The molecule has 3 heteroatoms. The standard InChI is InChI=1S/C23H18O3/c1-13-4-7-16-19(10-13)25-20-11-14(2)5-8-17(20)23(16)18-9-6-15(3)12-21(18)26-22(23)24/h4-12H,1-3H3. The maximum absolute atomic E-state index is 13.3. The smallest absolute Gasteiger partial charge is 0.331 e. The number of aryl methyl sites for hydroxylation is 3. The third-order valence-electron chi connectivity index (χ3n) is 5.35. The minimum atomic E-state index is -0.979. The van der Waals surface area contributed by atoms with Gasteiger partial charge in [0.1, 0.15) is 17.2 Å². The Kier molecular flexibility index (Phi) is 2.91. The summed E-state index contributed by atoms with van der Waals surface area (Å²) in [4.78, 5) is 13.3. The van der Waals surface area contributed by atoms with Crippen LogP contribution in [0.5, 0.6) is 17.2 Å². The van der Waals surface area contributed by atoms with E-state index >= 15 is 0 Å². The van der Waals surface area contributed by atoms with E-state index in [0.717, 1.165) is 33.4 Å². The summed E-state index contributed by atoms with van der Waals surface area (Å²) in [6, 6.07) is 18.0. The SMILES string of the molecule is Cc1ccc2c(c1)OC(=O)C21c2ccc(C)cc2Oc2cc(C)ccc21. The molecule has 5 rings (SSSR count). The fourth-order valence-electron chi connectivity index (χ4n) is 4.13. The molecule has 0 atom stereocenters. The van der Waals surface area contributed by atoms with Crippen molar-refractivity contribution in [2.45, 2.75) is 26.2 Å². The molecule has 0 fully saturated rings. The van der Waals surface area contributed by atoms with E-state index in [1.807, 2.05) is 75.4 Å². The number of ether oxygens (including phenoxy) is 2. The van der Waals surface area contributed by atoms with Crippen LogP contribution in [0.2, 0.25) is 0 Å². The molecule has 0 unspecified atom stereocenters. The van der Waals surface area contributed by atoms with Crippen molar-refractivity contribution in [3.05, 3.63) is 88.0 Å². The summed E-state index contributed by atoms with van der Waals surface area (Å²) in [6.07, 6.45) is 0. The quantitative estimate of drug-likeness (QED) is 0.427. The zero-order valence-corrected chi connectivity index (χ0v) is 14.9. The first-order chi connectivity index (χ1) is 12.5. The van der Waals surface area contributed by atoms with Crippen LogP contribution in [0.1, 0.15) is 33.4 Å². The van der Waals surface area contributed by atoms with Gasteiger partial charge in [0.2, 0.25) is 0 Å². The zero-order valence-electron chi connectivity index (χ0n) is 14.9. The molecule has 0 N–H and O–H groups in total. The molecule has 3 aromatic rings. The van der Waals surface area contributed by atoms with E-state index in [1.54, 1.807) is 0 Å². The Labute approximate surface area is 152 Å². The third-order valence-corrected chi connectivity index (χ3v) is 5.35. The van der Waals surface area contributed by atoms with Crippen molar-refractivity contribution in [2.24, 2.45) is 0 Å². The summed E-state index contributed by atoms with van der Waals surface area (Å²) >= 11 is 0. The molecule has 0 saturated carbocycles. The van der Waals surface area contributed by atoms with Crippen molar-refractivity contribution in [1.82, 2.24) is 0 Å². The van der Waals surface area contributed by atoms with Crippen LogP contribution in [-0.2, 0) is 10.2 Å². The number of hydrogen-bond donors (Lipinski definition) is 0. The van der Waals surface area contributed by atoms with Gasteiger partial charge in [-0.25, -0.2) is 4.79 Å². The van der Waals surface area contributed by atoms with Gasteiger partial charge in [0, 0.05) is 16.7 Å². The Morgan fingerprint density at radius 2 is 1.00 bits per heavy atom. The maximum atomic E-state index is 13.3. The molecule has 0 amide bonds. The van der Waals surface area contributed by atoms with Crippen molar-refractivity contribution in [3.8, 4) is 17.2 Å². The van der Waals surface area contributed by atoms with Gasteiger partial charge >= 0.3 is 5.97 Å². The molecule has 3 aromatic carbocycles. The molecule has 3 nitrogen and oxygen atoms in total. The van der Waals surface area contributed by atoms with Gasteiger partial charge < -0.3 is 9.47 Å². The second-order valence-electron chi connectivity index (χ2n) is 7.24. The Bertz CT molecular complexity index is 1040. The average molecular weight is 342 g/mol. The van der Waals surface area contributed by atoms with Gasteiger partial charge in [0.25, 0.3) is 0 Å². The molecular weight excluding hydrogens is 324 g/mol. The molecule has 0 saturated heterocycles. The van der Waals surface area contributed by atoms with E-state index in [-0.39, 0.29) is 5.97 Å². The monoisotopic (exact) mass is 342 g/mol. The van der Waals surface area contributed by atoms with Gasteiger partial charge in [-0.1, -0.05) is 36.4 Å². The normalized spacial score (nSPS) is 15.7. The lowest BCUT2D eigenvalue weighted by Crippen LogP contribution is -2.39. The lowest BCUT2D eigenvalue weighted by atomic mass is 9.68. The zero-order chi connectivity index (χ0) is 18.1. The predicted molar refractivity (Wildman–Crippen MR) is 99.1 cm³/mol. The first kappa shape index (κ1) is 15.2. The largest absolute Gasteiger partial charge is 0.457 e. The highest BCUT2D eigenvalue weighted by molar-refractivity contribution is 6.00. The number of carbonyl (C=O) groups excluding carboxylic acids is 1. The molecule has 0 bridgehead atoms. The first-order valence-corrected chi connectivity index (χ1v) is 8.73. The number of esters is 1. The van der Waals surface area contributed by atoms with Gasteiger partial charge in [-0.15, -0.1) is 0 Å². The van der Waals surface area contributed by atoms with Crippen molar-refractivity contribution in [2.75, 3.05) is 0 Å². The molecule has 26 heavy (non-hydrogen) atoms. The summed E-state index contributed by atoms with van der Waals surface area (Å²) in [6.45, 7) is 6.04. The first-order valence-electron chi connectivity index (χ1n) is 8.73. The highest BCUT2D eigenvalue weighted by Gasteiger charge is 2.56. The number of rotatable bonds is 0. The summed E-state index contributed by atoms with van der Waals surface area (Å²) in [5.74, 6) is 1.80. The van der Waals surface area contributed by atoms with Gasteiger partial charge in [-0.3, -0.25) is 0 Å². The van der Waals surface area contributed by atoms with Crippen molar-refractivity contribution in [1.29, 1.82) is 0 Å². The van der Waals surface area contributed by atoms with Crippen LogP contribution in [0, 0.1) is 20.8 Å². The predicted octanol–water partition coefficient (Wildman–Crippen LogP) is 4.97. The molecular formula is C23H18O3. The molecule has 2 aliphatic rings. The van der Waals surface area contributed by atoms with Crippen LogP contribution in [0.15, 0.2) is 54.6 Å². The maximum Gasteiger partial charge on any atom is 0.331 e. The van der Waals surface area contributed by atoms with Crippen LogP contribution in [0.4, 0.5) is 0 Å². The minimum absolute atomic E-state index is 0.267. The van der Waals surface area contributed by atoms with Gasteiger partial charge in [0.15, 0.2) is 5.41 Å².